The van der Waals surface area contributed by atoms with E-state index in [0.29, 0.717) is 19.4 Å². The summed E-state index contributed by atoms with van der Waals surface area (Å²) in [5, 5.41) is 8.63. The van der Waals surface area contributed by atoms with Crippen molar-refractivity contribution in [2.45, 2.75) is 18.9 Å². The van der Waals surface area contributed by atoms with E-state index in [2.05, 4.69) is 32.3 Å². The molecule has 0 amide bonds. The molecular weight excluding hydrogens is 280 g/mol. The molecule has 0 bridgehead atoms. The van der Waals surface area contributed by atoms with Gasteiger partial charge in [-0.15, -0.1) is 0 Å². The van der Waals surface area contributed by atoms with E-state index in [9.17, 15) is 4.79 Å². The van der Waals surface area contributed by atoms with E-state index in [-0.39, 0.29) is 0 Å². The Balaban J connectivity index is 3.80. The van der Waals surface area contributed by atoms with Crippen molar-refractivity contribution in [2.75, 3.05) is 6.54 Å². The Morgan fingerprint density at radius 1 is 1.64 bits per heavy atom. The SMILES string of the molecule is NCCCC(C(=O)O)N(Br)Br. The van der Waals surface area contributed by atoms with Crippen LogP contribution in [0.15, 0.2) is 0 Å². The maximum Gasteiger partial charge on any atom is 0.322 e. The van der Waals surface area contributed by atoms with Gasteiger partial charge in [-0.2, -0.15) is 2.95 Å². The van der Waals surface area contributed by atoms with Gasteiger partial charge in [0.2, 0.25) is 0 Å². The average molecular weight is 290 g/mol. The zero-order valence-corrected chi connectivity index (χ0v) is 9.01. The Morgan fingerprint density at radius 2 is 2.18 bits per heavy atom. The third kappa shape index (κ3) is 4.73. The summed E-state index contributed by atoms with van der Waals surface area (Å²) >= 11 is 6.00. The van der Waals surface area contributed by atoms with E-state index in [4.69, 9.17) is 10.8 Å². The second kappa shape index (κ2) is 5.93. The molecule has 1 atom stereocenters. The van der Waals surface area contributed by atoms with E-state index < -0.39 is 12.0 Å². The fourth-order valence-electron chi connectivity index (χ4n) is 0.616. The van der Waals surface area contributed by atoms with Crippen molar-refractivity contribution >= 4 is 38.3 Å². The molecule has 0 saturated heterocycles. The number of halogens is 2. The van der Waals surface area contributed by atoms with Gasteiger partial charge in [0.25, 0.3) is 0 Å². The predicted octanol–water partition coefficient (Wildman–Crippen LogP) is 1.10. The number of hydrogen-bond donors (Lipinski definition) is 2. The molecule has 0 heterocycles. The minimum absolute atomic E-state index is 0.512. The average Bonchev–Trinajstić information content (AvgIpc) is 1.87. The highest BCUT2D eigenvalue weighted by atomic mass is 79.9. The van der Waals surface area contributed by atoms with E-state index in [0.717, 1.165) is 0 Å². The fraction of sp³-hybridized carbons (Fsp3) is 0.800. The Kier molecular flexibility index (Phi) is 6.12. The second-order valence-electron chi connectivity index (χ2n) is 2.04. The van der Waals surface area contributed by atoms with E-state index in [1.807, 2.05) is 0 Å². The molecule has 11 heavy (non-hydrogen) atoms. The topological polar surface area (TPSA) is 66.6 Å². The summed E-state index contributed by atoms with van der Waals surface area (Å²) in [4.78, 5) is 10.5. The van der Waals surface area contributed by atoms with E-state index in [1.54, 1.807) is 0 Å². The summed E-state index contributed by atoms with van der Waals surface area (Å²) in [6, 6.07) is -0.557. The highest BCUT2D eigenvalue weighted by Crippen LogP contribution is 2.16. The Morgan fingerprint density at radius 3 is 2.45 bits per heavy atom. The molecule has 0 aliphatic carbocycles. The summed E-state index contributed by atoms with van der Waals surface area (Å²) in [5.41, 5.74) is 5.24. The monoisotopic (exact) mass is 288 g/mol. The van der Waals surface area contributed by atoms with Crippen molar-refractivity contribution in [1.29, 1.82) is 0 Å². The maximum absolute atomic E-state index is 10.5. The van der Waals surface area contributed by atoms with Gasteiger partial charge in [-0.1, -0.05) is 0 Å². The van der Waals surface area contributed by atoms with Gasteiger partial charge in [0.15, 0.2) is 0 Å². The number of carbonyl (C=O) groups is 1. The normalized spacial score (nSPS) is 13.5. The molecular formula is C5H10Br2N2O2. The Labute approximate surface area is 82.4 Å². The van der Waals surface area contributed by atoms with Gasteiger partial charge in [0.05, 0.1) is 0 Å². The highest BCUT2D eigenvalue weighted by Gasteiger charge is 2.21. The third-order valence-electron chi connectivity index (χ3n) is 1.20. The Hall–Kier alpha value is 0.350. The molecule has 0 radical (unpaired) electrons. The van der Waals surface area contributed by atoms with Crippen molar-refractivity contribution in [3.05, 3.63) is 0 Å². The Bertz CT molecular complexity index is 132. The molecule has 0 fully saturated rings. The van der Waals surface area contributed by atoms with E-state index >= 15 is 0 Å². The van der Waals surface area contributed by atoms with Crippen LogP contribution in [0, 0.1) is 0 Å². The van der Waals surface area contributed by atoms with Crippen LogP contribution in [-0.2, 0) is 4.79 Å². The molecule has 1 unspecified atom stereocenters. The van der Waals surface area contributed by atoms with Crippen LogP contribution >= 0.6 is 32.3 Å². The highest BCUT2D eigenvalue weighted by molar-refractivity contribution is 9.21. The molecule has 0 aromatic carbocycles. The standard InChI is InChI=1S/C5H10Br2N2O2/c6-9(7)4(5(10)11)2-1-3-8/h4H,1-3,8H2,(H,10,11). The number of nitrogens with two attached hydrogens (primary N) is 1. The summed E-state index contributed by atoms with van der Waals surface area (Å²) in [7, 11) is 0. The number of rotatable bonds is 5. The first kappa shape index (κ1) is 11.4. The molecule has 0 aliphatic heterocycles. The van der Waals surface area contributed by atoms with Crippen molar-refractivity contribution in [2.24, 2.45) is 5.73 Å². The molecule has 0 saturated carbocycles. The fourth-order valence-corrected chi connectivity index (χ4v) is 1.38. The molecule has 0 spiro atoms. The molecule has 0 aromatic rings. The molecule has 6 heteroatoms. The lowest BCUT2D eigenvalue weighted by Crippen LogP contribution is -2.29. The predicted molar refractivity (Wildman–Crippen MR) is 49.4 cm³/mol. The van der Waals surface area contributed by atoms with Crippen LogP contribution in [0.5, 0.6) is 0 Å². The largest absolute Gasteiger partial charge is 0.480 e. The number of nitrogens with zero attached hydrogens (tertiary/aromatic N) is 1. The van der Waals surface area contributed by atoms with Crippen LogP contribution in [0.25, 0.3) is 0 Å². The summed E-state index contributed by atoms with van der Waals surface area (Å²) in [5.74, 6) is -0.868. The third-order valence-corrected chi connectivity index (χ3v) is 2.19. The number of carboxylic acids is 1. The zero-order chi connectivity index (χ0) is 8.85. The van der Waals surface area contributed by atoms with Crippen molar-refractivity contribution in [1.82, 2.24) is 2.95 Å². The minimum Gasteiger partial charge on any atom is -0.480 e. The van der Waals surface area contributed by atoms with Crippen molar-refractivity contribution in [3.8, 4) is 0 Å². The number of hydrogen-bond acceptors (Lipinski definition) is 3. The van der Waals surface area contributed by atoms with Crippen LogP contribution in [0.3, 0.4) is 0 Å². The van der Waals surface area contributed by atoms with Gasteiger partial charge in [-0.3, -0.25) is 4.79 Å². The van der Waals surface area contributed by atoms with Gasteiger partial charge in [0.1, 0.15) is 6.04 Å². The van der Waals surface area contributed by atoms with Gasteiger partial charge in [-0.25, -0.2) is 0 Å². The summed E-state index contributed by atoms with van der Waals surface area (Å²) < 4.78 is 1.32. The van der Waals surface area contributed by atoms with Gasteiger partial charge in [-0.05, 0) is 19.4 Å². The molecule has 4 nitrogen and oxygen atoms in total. The van der Waals surface area contributed by atoms with Crippen LogP contribution in [-0.4, -0.2) is 26.6 Å². The number of aliphatic carboxylic acids is 1. The summed E-state index contributed by atoms with van der Waals surface area (Å²) in [6.45, 7) is 0.512. The van der Waals surface area contributed by atoms with Crippen molar-refractivity contribution in [3.63, 3.8) is 0 Å². The lowest BCUT2D eigenvalue weighted by Gasteiger charge is -2.14. The maximum atomic E-state index is 10.5. The lowest BCUT2D eigenvalue weighted by molar-refractivity contribution is -0.140. The number of carboxylic acid groups (broad SMARTS) is 1. The van der Waals surface area contributed by atoms with Crippen LogP contribution in [0.4, 0.5) is 0 Å². The van der Waals surface area contributed by atoms with Gasteiger partial charge < -0.3 is 10.8 Å². The second-order valence-corrected chi connectivity index (χ2v) is 4.52. The first-order chi connectivity index (χ1) is 5.09. The zero-order valence-electron chi connectivity index (χ0n) is 5.83. The van der Waals surface area contributed by atoms with Crippen LogP contribution in [0.2, 0.25) is 0 Å². The molecule has 66 valence electrons. The minimum atomic E-state index is -0.868. The van der Waals surface area contributed by atoms with Gasteiger partial charge in [0, 0.05) is 32.3 Å². The molecule has 0 rings (SSSR count). The van der Waals surface area contributed by atoms with E-state index in [1.165, 1.54) is 2.95 Å². The molecule has 0 aromatic heterocycles. The first-order valence-electron chi connectivity index (χ1n) is 3.13. The summed E-state index contributed by atoms with van der Waals surface area (Å²) in [6.07, 6.45) is 1.23. The smallest absolute Gasteiger partial charge is 0.322 e. The lowest BCUT2D eigenvalue weighted by atomic mass is 10.2. The van der Waals surface area contributed by atoms with Crippen LogP contribution < -0.4 is 5.73 Å². The molecule has 0 aliphatic rings. The van der Waals surface area contributed by atoms with Crippen LogP contribution in [0.1, 0.15) is 12.8 Å². The molecule has 3 N–H and O–H groups in total. The van der Waals surface area contributed by atoms with Crippen molar-refractivity contribution < 1.29 is 9.90 Å². The van der Waals surface area contributed by atoms with Gasteiger partial charge >= 0.3 is 5.97 Å². The quantitative estimate of drug-likeness (QED) is 0.744. The first-order valence-corrected chi connectivity index (χ1v) is 4.55.